The first-order chi connectivity index (χ1) is 19.4. The molecule has 0 unspecified atom stereocenters. The minimum Gasteiger partial charge on any atom is -0.507 e. The average molecular weight is 613 g/mol. The molecule has 4 aromatic rings. The number of hydrogen-bond donors (Lipinski definition) is 1. The number of aromatic nitrogens is 2. The molecule has 202 valence electrons. The fourth-order valence-electron chi connectivity index (χ4n) is 4.45. The Balaban J connectivity index is 1.38. The van der Waals surface area contributed by atoms with Crippen molar-refractivity contribution in [1.29, 1.82) is 0 Å². The van der Waals surface area contributed by atoms with Crippen LogP contribution in [-0.2, 0) is 15.3 Å². The van der Waals surface area contributed by atoms with E-state index in [4.69, 9.17) is 32.7 Å². The Kier molecular flexibility index (Phi) is 7.41. The van der Waals surface area contributed by atoms with Crippen LogP contribution in [0.3, 0.4) is 0 Å². The molecule has 0 radical (unpaired) electrons. The van der Waals surface area contributed by atoms with E-state index in [-0.39, 0.29) is 16.5 Å². The zero-order valence-corrected chi connectivity index (χ0v) is 23.7. The molecule has 1 atom stereocenters. The van der Waals surface area contributed by atoms with Crippen LogP contribution in [0.4, 0.5) is 5.13 Å². The number of anilines is 1. The minimum absolute atomic E-state index is 0.0884. The second kappa shape index (κ2) is 11.1. The van der Waals surface area contributed by atoms with E-state index in [0.717, 1.165) is 5.56 Å². The maximum atomic E-state index is 13.4. The van der Waals surface area contributed by atoms with Crippen molar-refractivity contribution in [2.45, 2.75) is 16.1 Å². The van der Waals surface area contributed by atoms with Gasteiger partial charge in [0.25, 0.3) is 5.78 Å². The Morgan fingerprint density at radius 3 is 2.52 bits per heavy atom. The van der Waals surface area contributed by atoms with E-state index >= 15 is 0 Å². The largest absolute Gasteiger partial charge is 0.507 e. The summed E-state index contributed by atoms with van der Waals surface area (Å²) in [5.41, 5.74) is 1.81. The summed E-state index contributed by atoms with van der Waals surface area (Å²) in [4.78, 5) is 28.2. The van der Waals surface area contributed by atoms with E-state index in [1.54, 1.807) is 42.5 Å². The molecule has 3 heterocycles. The van der Waals surface area contributed by atoms with Gasteiger partial charge in [0.2, 0.25) is 5.13 Å². The topological polar surface area (TPSA) is 102 Å². The summed E-state index contributed by atoms with van der Waals surface area (Å²) in [6.07, 6.45) is 0. The molecule has 6 rings (SSSR count). The third-order valence-corrected chi connectivity index (χ3v) is 8.92. The number of aliphatic hydroxyl groups is 1. The molecule has 1 saturated heterocycles. The van der Waals surface area contributed by atoms with E-state index in [2.05, 4.69) is 10.2 Å². The second-order valence-electron chi connectivity index (χ2n) is 8.85. The molecule has 2 aliphatic heterocycles. The van der Waals surface area contributed by atoms with Gasteiger partial charge in [0.15, 0.2) is 15.8 Å². The first-order valence-electron chi connectivity index (χ1n) is 12.1. The summed E-state index contributed by atoms with van der Waals surface area (Å²) in [7, 11) is 0. The van der Waals surface area contributed by atoms with Gasteiger partial charge in [-0.15, -0.1) is 10.2 Å². The quantitative estimate of drug-likeness (QED) is 0.0862. The van der Waals surface area contributed by atoms with Crippen LogP contribution in [0.5, 0.6) is 11.5 Å². The molecule has 0 aliphatic carbocycles. The van der Waals surface area contributed by atoms with Gasteiger partial charge in [-0.25, -0.2) is 0 Å². The standard InChI is InChI=1S/C28H19Cl2N3O5S2/c29-18-7-4-15(5-8-18)14-39-28-32-31-27(40-28)33-23(16-2-1-3-19(30)12-16)22(25(35)26(33)36)24(34)17-6-9-20-21(13-17)38-11-10-37-20/h1-9,12-13,23,34H,10-11,14H2/t23-/m1/s1. The smallest absolute Gasteiger partial charge is 0.301 e. The second-order valence-corrected chi connectivity index (χ2v) is 11.9. The van der Waals surface area contributed by atoms with E-state index < -0.39 is 17.7 Å². The number of ketones is 1. The number of aliphatic hydroxyl groups excluding tert-OH is 1. The number of carbonyl (C=O) groups is 2. The lowest BCUT2D eigenvalue weighted by Gasteiger charge is -2.23. The first-order valence-corrected chi connectivity index (χ1v) is 14.6. The number of amides is 1. The number of ether oxygens (including phenoxy) is 2. The zero-order chi connectivity index (χ0) is 27.8. The van der Waals surface area contributed by atoms with Crippen LogP contribution in [0.15, 0.2) is 76.6 Å². The third-order valence-electron chi connectivity index (χ3n) is 6.30. The lowest BCUT2D eigenvalue weighted by Crippen LogP contribution is -2.29. The Hall–Kier alpha value is -3.57. The van der Waals surface area contributed by atoms with Gasteiger partial charge in [-0.05, 0) is 53.6 Å². The Labute approximate surface area is 247 Å². The fraction of sp³-hybridized carbons (Fsp3) is 0.143. The van der Waals surface area contributed by atoms with Gasteiger partial charge in [0.05, 0.1) is 11.6 Å². The lowest BCUT2D eigenvalue weighted by atomic mass is 9.95. The molecule has 0 bridgehead atoms. The highest BCUT2D eigenvalue weighted by Gasteiger charge is 2.48. The molecule has 1 aromatic heterocycles. The van der Waals surface area contributed by atoms with Crippen molar-refractivity contribution >= 4 is 68.9 Å². The molecule has 12 heteroatoms. The number of rotatable bonds is 6. The Morgan fingerprint density at radius 1 is 0.975 bits per heavy atom. The minimum atomic E-state index is -0.978. The van der Waals surface area contributed by atoms with Crippen molar-refractivity contribution in [2.75, 3.05) is 18.1 Å². The lowest BCUT2D eigenvalue weighted by molar-refractivity contribution is -0.132. The Morgan fingerprint density at radius 2 is 1.75 bits per heavy atom. The zero-order valence-electron chi connectivity index (χ0n) is 20.5. The molecular formula is C28H19Cl2N3O5S2. The van der Waals surface area contributed by atoms with Gasteiger partial charge >= 0.3 is 5.91 Å². The molecule has 2 aliphatic rings. The van der Waals surface area contributed by atoms with Crippen molar-refractivity contribution < 1.29 is 24.2 Å². The van der Waals surface area contributed by atoms with E-state index in [0.29, 0.717) is 56.0 Å². The highest BCUT2D eigenvalue weighted by molar-refractivity contribution is 8.00. The molecule has 40 heavy (non-hydrogen) atoms. The molecule has 1 amide bonds. The number of fused-ring (bicyclic) bond motifs is 1. The van der Waals surface area contributed by atoms with Gasteiger partial charge in [-0.1, -0.05) is 70.6 Å². The van der Waals surface area contributed by atoms with Crippen LogP contribution >= 0.6 is 46.3 Å². The summed E-state index contributed by atoms with van der Waals surface area (Å²) >= 11 is 14.9. The van der Waals surface area contributed by atoms with Gasteiger partial charge in [-0.3, -0.25) is 14.5 Å². The van der Waals surface area contributed by atoms with Crippen LogP contribution in [0.25, 0.3) is 5.76 Å². The van der Waals surface area contributed by atoms with Crippen molar-refractivity contribution in [2.24, 2.45) is 0 Å². The van der Waals surface area contributed by atoms with Crippen LogP contribution in [0, 0.1) is 0 Å². The Bertz CT molecular complexity index is 1660. The van der Waals surface area contributed by atoms with Gasteiger partial charge in [0, 0.05) is 21.4 Å². The third kappa shape index (κ3) is 5.15. The number of hydrogen-bond acceptors (Lipinski definition) is 9. The number of carbonyl (C=O) groups excluding carboxylic acids is 2. The van der Waals surface area contributed by atoms with E-state index in [1.165, 1.54) is 28.0 Å². The van der Waals surface area contributed by atoms with Crippen LogP contribution < -0.4 is 14.4 Å². The number of nitrogens with zero attached hydrogens (tertiary/aromatic N) is 3. The van der Waals surface area contributed by atoms with Crippen molar-refractivity contribution in [1.82, 2.24) is 10.2 Å². The molecule has 1 N–H and O–H groups in total. The molecule has 0 saturated carbocycles. The number of halogens is 2. The highest BCUT2D eigenvalue weighted by atomic mass is 35.5. The summed E-state index contributed by atoms with van der Waals surface area (Å²) < 4.78 is 11.8. The monoisotopic (exact) mass is 611 g/mol. The maximum Gasteiger partial charge on any atom is 0.301 e. The number of Topliss-reactive ketones (excluding diaryl/α,β-unsaturated/α-hetero) is 1. The van der Waals surface area contributed by atoms with Crippen molar-refractivity contribution in [3.63, 3.8) is 0 Å². The van der Waals surface area contributed by atoms with Gasteiger partial charge in [0.1, 0.15) is 19.0 Å². The molecular weight excluding hydrogens is 593 g/mol. The summed E-state index contributed by atoms with van der Waals surface area (Å²) in [6, 6.07) is 18.2. The summed E-state index contributed by atoms with van der Waals surface area (Å²) in [5, 5.41) is 21.2. The van der Waals surface area contributed by atoms with Gasteiger partial charge in [-0.2, -0.15) is 0 Å². The van der Waals surface area contributed by atoms with Crippen LogP contribution in [0.2, 0.25) is 10.0 Å². The number of thioether (sulfide) groups is 1. The average Bonchev–Trinajstić information content (AvgIpc) is 3.54. The molecule has 8 nitrogen and oxygen atoms in total. The maximum absolute atomic E-state index is 13.4. The van der Waals surface area contributed by atoms with E-state index in [9.17, 15) is 14.7 Å². The molecule has 0 spiro atoms. The van der Waals surface area contributed by atoms with Crippen molar-refractivity contribution in [3.8, 4) is 11.5 Å². The van der Waals surface area contributed by atoms with Gasteiger partial charge < -0.3 is 14.6 Å². The SMILES string of the molecule is O=C1C(=O)N(c2nnc(SCc3ccc(Cl)cc3)s2)[C@H](c2cccc(Cl)c2)C1=C(O)c1ccc2c(c1)OCCO2. The van der Waals surface area contributed by atoms with Crippen molar-refractivity contribution in [3.05, 3.63) is 99.0 Å². The summed E-state index contributed by atoms with van der Waals surface area (Å²) in [6.45, 7) is 0.777. The number of benzene rings is 3. The molecule has 1 fully saturated rings. The van der Waals surface area contributed by atoms with E-state index in [1.807, 2.05) is 24.3 Å². The van der Waals surface area contributed by atoms with Crippen LogP contribution in [0.1, 0.15) is 22.7 Å². The normalized spacial score (nSPS) is 17.9. The fourth-order valence-corrected chi connectivity index (χ4v) is 6.60. The summed E-state index contributed by atoms with van der Waals surface area (Å²) in [5.74, 6) is -0.420. The first kappa shape index (κ1) is 26.6. The predicted octanol–water partition coefficient (Wildman–Crippen LogP) is 6.53. The predicted molar refractivity (Wildman–Crippen MR) is 155 cm³/mol. The molecule has 3 aromatic carbocycles. The van der Waals surface area contributed by atoms with Crippen LogP contribution in [-0.4, -0.2) is 40.2 Å². The highest BCUT2D eigenvalue weighted by Crippen LogP contribution is 2.45.